The predicted octanol–water partition coefficient (Wildman–Crippen LogP) is 1.93. The van der Waals surface area contributed by atoms with Gasteiger partial charge in [-0.3, -0.25) is 4.90 Å². The Morgan fingerprint density at radius 3 is 2.53 bits per heavy atom. The van der Waals surface area contributed by atoms with Gasteiger partial charge in [0, 0.05) is 13.1 Å². The van der Waals surface area contributed by atoms with Gasteiger partial charge in [-0.05, 0) is 18.2 Å². The van der Waals surface area contributed by atoms with E-state index in [1.54, 1.807) is 0 Å². The van der Waals surface area contributed by atoms with E-state index >= 15 is 0 Å². The van der Waals surface area contributed by atoms with Gasteiger partial charge in [-0.15, -0.1) is 0 Å². The monoisotopic (exact) mass is 274 g/mol. The summed E-state index contributed by atoms with van der Waals surface area (Å²) in [6, 6.07) is 1.60. The number of nitrogens with one attached hydrogen (secondary N) is 1. The van der Waals surface area contributed by atoms with Crippen molar-refractivity contribution < 1.29 is 27.9 Å². The zero-order chi connectivity index (χ0) is 14.2. The minimum absolute atomic E-state index is 0.125. The van der Waals surface area contributed by atoms with Gasteiger partial charge in [0.2, 0.25) is 0 Å². The molecule has 0 atom stereocenters. The maximum Gasteiger partial charge on any atom is 0.416 e. The number of carboxylic acid groups (broad SMARTS) is 1. The highest BCUT2D eigenvalue weighted by molar-refractivity contribution is 6.02. The molecule has 5 nitrogen and oxygen atoms in total. The topological polar surface area (TPSA) is 69.6 Å². The van der Waals surface area contributed by atoms with Crippen molar-refractivity contribution in [1.82, 2.24) is 5.32 Å². The number of rotatable bonds is 2. The van der Waals surface area contributed by atoms with Crippen LogP contribution < -0.4 is 10.2 Å². The highest BCUT2D eigenvalue weighted by atomic mass is 19.4. The Kier molecular flexibility index (Phi) is 3.09. The van der Waals surface area contributed by atoms with Gasteiger partial charge >= 0.3 is 18.2 Å². The molecule has 0 bridgehead atoms. The third-order valence-electron chi connectivity index (χ3n) is 2.70. The second-order valence-electron chi connectivity index (χ2n) is 3.92. The summed E-state index contributed by atoms with van der Waals surface area (Å²) >= 11 is 0. The molecule has 0 aliphatic carbocycles. The Morgan fingerprint density at radius 2 is 2.05 bits per heavy atom. The Hall–Kier alpha value is -2.25. The van der Waals surface area contributed by atoms with Gasteiger partial charge in [0.25, 0.3) is 0 Å². The van der Waals surface area contributed by atoms with Crippen LogP contribution in [0.4, 0.5) is 23.7 Å². The molecule has 0 unspecified atom stereocenters. The summed E-state index contributed by atoms with van der Waals surface area (Å²) in [4.78, 5) is 23.4. The molecule has 8 heteroatoms. The number of carbonyl (C=O) groups is 2. The maximum absolute atomic E-state index is 12.6. The molecule has 19 heavy (non-hydrogen) atoms. The molecule has 2 rings (SSSR count). The van der Waals surface area contributed by atoms with E-state index in [1.165, 1.54) is 0 Å². The first kappa shape index (κ1) is 13.2. The summed E-state index contributed by atoms with van der Waals surface area (Å²) in [6.45, 7) is 0.383. The van der Waals surface area contributed by atoms with Crippen LogP contribution in [-0.2, 0) is 6.18 Å². The van der Waals surface area contributed by atoms with Crippen molar-refractivity contribution in [1.29, 1.82) is 0 Å². The molecule has 2 N–H and O–H groups in total. The van der Waals surface area contributed by atoms with Gasteiger partial charge in [0.1, 0.15) is 0 Å². The first-order valence-corrected chi connectivity index (χ1v) is 5.30. The van der Waals surface area contributed by atoms with Gasteiger partial charge in [-0.25, -0.2) is 9.59 Å². The molecule has 0 radical (unpaired) electrons. The first-order chi connectivity index (χ1) is 8.80. The smallest absolute Gasteiger partial charge is 0.416 e. The van der Waals surface area contributed by atoms with Crippen LogP contribution in [0.2, 0.25) is 0 Å². The Balaban J connectivity index is 2.54. The fraction of sp³-hybridized carbons (Fsp3) is 0.273. The van der Waals surface area contributed by atoms with Crippen molar-refractivity contribution in [3.05, 3.63) is 29.3 Å². The average Bonchev–Trinajstić information content (AvgIpc) is 2.73. The molecule has 1 aliphatic rings. The molecule has 0 saturated carbocycles. The van der Waals surface area contributed by atoms with Crippen molar-refractivity contribution >= 4 is 17.7 Å². The van der Waals surface area contributed by atoms with E-state index in [9.17, 15) is 22.8 Å². The van der Waals surface area contributed by atoms with Gasteiger partial charge in [-0.2, -0.15) is 13.2 Å². The normalized spacial score (nSPS) is 15.5. The fourth-order valence-electron chi connectivity index (χ4n) is 1.81. The molecule has 102 valence electrons. The molecule has 1 heterocycles. The number of benzene rings is 1. The second-order valence-corrected chi connectivity index (χ2v) is 3.92. The van der Waals surface area contributed by atoms with Crippen LogP contribution in [0.3, 0.4) is 0 Å². The van der Waals surface area contributed by atoms with Gasteiger partial charge in [-0.1, -0.05) is 0 Å². The third kappa shape index (κ3) is 2.47. The first-order valence-electron chi connectivity index (χ1n) is 5.30. The van der Waals surface area contributed by atoms with Crippen molar-refractivity contribution in [3.8, 4) is 0 Å². The molecule has 0 aromatic heterocycles. The van der Waals surface area contributed by atoms with E-state index in [0.717, 1.165) is 11.0 Å². The zero-order valence-electron chi connectivity index (χ0n) is 9.49. The van der Waals surface area contributed by atoms with Gasteiger partial charge in [0.15, 0.2) is 0 Å². The molecule has 0 spiro atoms. The molecule has 1 aromatic rings. The van der Waals surface area contributed by atoms with E-state index in [4.69, 9.17) is 5.11 Å². The zero-order valence-corrected chi connectivity index (χ0v) is 9.49. The van der Waals surface area contributed by atoms with Gasteiger partial charge in [0.05, 0.1) is 16.8 Å². The van der Waals surface area contributed by atoms with Crippen LogP contribution in [0.5, 0.6) is 0 Å². The van der Waals surface area contributed by atoms with Crippen LogP contribution in [0, 0.1) is 0 Å². The molecule has 1 aliphatic heterocycles. The van der Waals surface area contributed by atoms with Crippen LogP contribution in [-0.4, -0.2) is 30.2 Å². The van der Waals surface area contributed by atoms with Crippen molar-refractivity contribution in [2.45, 2.75) is 6.18 Å². The summed E-state index contributed by atoms with van der Waals surface area (Å²) < 4.78 is 37.9. The minimum Gasteiger partial charge on any atom is -0.478 e. The van der Waals surface area contributed by atoms with Gasteiger partial charge < -0.3 is 10.4 Å². The van der Waals surface area contributed by atoms with Crippen LogP contribution in [0.1, 0.15) is 15.9 Å². The van der Waals surface area contributed by atoms with Crippen molar-refractivity contribution in [3.63, 3.8) is 0 Å². The third-order valence-corrected chi connectivity index (χ3v) is 2.70. The molecule has 1 saturated heterocycles. The predicted molar refractivity (Wildman–Crippen MR) is 59.1 cm³/mol. The number of halogens is 3. The van der Waals surface area contributed by atoms with Crippen LogP contribution in [0.15, 0.2) is 18.2 Å². The molecule has 1 fully saturated rings. The molecule has 2 amide bonds. The maximum atomic E-state index is 12.6. The van der Waals surface area contributed by atoms with E-state index in [-0.39, 0.29) is 24.3 Å². The lowest BCUT2D eigenvalue weighted by Gasteiger charge is -2.18. The number of amides is 2. The molecular formula is C11H9F3N2O3. The Labute approximate surface area is 105 Å². The van der Waals surface area contributed by atoms with Crippen molar-refractivity contribution in [2.24, 2.45) is 0 Å². The summed E-state index contributed by atoms with van der Waals surface area (Å²) in [5.41, 5.74) is -1.59. The number of carboxylic acids is 1. The summed E-state index contributed by atoms with van der Waals surface area (Å²) in [5.74, 6) is -1.39. The van der Waals surface area contributed by atoms with Crippen molar-refractivity contribution in [2.75, 3.05) is 18.0 Å². The number of hydrogen-bond acceptors (Lipinski definition) is 2. The van der Waals surface area contributed by atoms with E-state index in [2.05, 4.69) is 5.32 Å². The average molecular weight is 274 g/mol. The molecule has 1 aromatic carbocycles. The number of carbonyl (C=O) groups excluding carboxylic acids is 1. The number of nitrogens with zero attached hydrogens (tertiary/aromatic N) is 1. The fourth-order valence-corrected chi connectivity index (χ4v) is 1.81. The van der Waals surface area contributed by atoms with Crippen LogP contribution >= 0.6 is 0 Å². The number of aromatic carboxylic acids is 1. The van der Waals surface area contributed by atoms with E-state index in [0.29, 0.717) is 12.1 Å². The highest BCUT2D eigenvalue weighted by Crippen LogP contribution is 2.34. The Bertz CT molecular complexity index is 542. The number of anilines is 1. The van der Waals surface area contributed by atoms with E-state index in [1.807, 2.05) is 0 Å². The number of hydrogen-bond donors (Lipinski definition) is 2. The quantitative estimate of drug-likeness (QED) is 0.865. The SMILES string of the molecule is O=C(O)c1ccc(C(F)(F)F)cc1N1CCNC1=O. The number of urea groups is 1. The lowest BCUT2D eigenvalue weighted by atomic mass is 10.1. The largest absolute Gasteiger partial charge is 0.478 e. The lowest BCUT2D eigenvalue weighted by Crippen LogP contribution is -2.29. The second kappa shape index (κ2) is 4.45. The Morgan fingerprint density at radius 1 is 1.37 bits per heavy atom. The number of alkyl halides is 3. The highest BCUT2D eigenvalue weighted by Gasteiger charge is 2.34. The standard InChI is InChI=1S/C11H9F3N2O3/c12-11(13,14)6-1-2-7(9(17)18)8(5-6)16-4-3-15-10(16)19/h1-2,5H,3-4H2,(H,15,19)(H,17,18). The summed E-state index contributed by atoms with van der Waals surface area (Å²) in [6.07, 6.45) is -4.60. The summed E-state index contributed by atoms with van der Waals surface area (Å²) in [5, 5.41) is 11.4. The lowest BCUT2D eigenvalue weighted by molar-refractivity contribution is -0.137. The van der Waals surface area contributed by atoms with Crippen LogP contribution in [0.25, 0.3) is 0 Å². The minimum atomic E-state index is -4.60. The molecular weight excluding hydrogens is 265 g/mol. The van der Waals surface area contributed by atoms with E-state index < -0.39 is 23.7 Å². The summed E-state index contributed by atoms with van der Waals surface area (Å²) in [7, 11) is 0.